The van der Waals surface area contributed by atoms with Crippen LogP contribution >= 0.6 is 0 Å². The fourth-order valence-corrected chi connectivity index (χ4v) is 8.28. The molecule has 0 aromatic heterocycles. The van der Waals surface area contributed by atoms with Crippen molar-refractivity contribution >= 4 is 17.9 Å². The highest BCUT2D eigenvalue weighted by atomic mass is 16.6. The van der Waals surface area contributed by atoms with Crippen molar-refractivity contribution in [3.05, 3.63) is 85.1 Å². The largest absolute Gasteiger partial charge is 0.462 e. The molecule has 0 spiro atoms. The van der Waals surface area contributed by atoms with E-state index in [1.807, 2.05) is 0 Å². The van der Waals surface area contributed by atoms with Gasteiger partial charge in [-0.1, -0.05) is 241 Å². The van der Waals surface area contributed by atoms with Crippen molar-refractivity contribution in [2.75, 3.05) is 13.2 Å². The van der Waals surface area contributed by atoms with E-state index in [2.05, 4.69) is 106 Å². The third-order valence-corrected chi connectivity index (χ3v) is 12.8. The zero-order valence-electron chi connectivity index (χ0n) is 46.7. The molecule has 0 unspecified atom stereocenters. The summed E-state index contributed by atoms with van der Waals surface area (Å²) in [5, 5.41) is 0. The van der Waals surface area contributed by atoms with E-state index in [9.17, 15) is 14.4 Å². The Morgan fingerprint density at radius 2 is 0.521 bits per heavy atom. The molecule has 0 aliphatic heterocycles. The Kier molecular flexibility index (Phi) is 56.3. The van der Waals surface area contributed by atoms with Crippen molar-refractivity contribution in [2.24, 2.45) is 0 Å². The molecule has 0 saturated carbocycles. The van der Waals surface area contributed by atoms with Gasteiger partial charge in [0.25, 0.3) is 0 Å². The summed E-state index contributed by atoms with van der Waals surface area (Å²) in [6.07, 6.45) is 77.2. The molecular formula is C65H112O6. The highest BCUT2D eigenvalue weighted by Gasteiger charge is 2.19. The Bertz CT molecular complexity index is 1370. The Hall–Kier alpha value is -3.41. The van der Waals surface area contributed by atoms with E-state index in [0.717, 1.165) is 77.0 Å². The Labute approximate surface area is 439 Å². The van der Waals surface area contributed by atoms with Crippen LogP contribution in [0, 0.1) is 0 Å². The number of allylic oxidation sites excluding steroid dienone is 14. The topological polar surface area (TPSA) is 78.9 Å². The van der Waals surface area contributed by atoms with E-state index in [1.165, 1.54) is 167 Å². The van der Waals surface area contributed by atoms with E-state index in [0.29, 0.717) is 19.3 Å². The lowest BCUT2D eigenvalue weighted by Gasteiger charge is -2.18. The summed E-state index contributed by atoms with van der Waals surface area (Å²) in [6.45, 7) is 6.55. The second-order valence-electron chi connectivity index (χ2n) is 19.9. The van der Waals surface area contributed by atoms with Crippen LogP contribution in [-0.2, 0) is 28.6 Å². The summed E-state index contributed by atoms with van der Waals surface area (Å²) in [5.41, 5.74) is 0. The Balaban J connectivity index is 4.46. The lowest BCUT2D eigenvalue weighted by molar-refractivity contribution is -0.167. The first-order chi connectivity index (χ1) is 35.0. The average Bonchev–Trinajstić information content (AvgIpc) is 3.37. The molecule has 0 amide bonds. The highest BCUT2D eigenvalue weighted by molar-refractivity contribution is 5.71. The van der Waals surface area contributed by atoms with Gasteiger partial charge in [0.2, 0.25) is 0 Å². The number of unbranched alkanes of at least 4 members (excludes halogenated alkanes) is 29. The van der Waals surface area contributed by atoms with Gasteiger partial charge in [-0.05, 0) is 116 Å². The Morgan fingerprint density at radius 3 is 0.873 bits per heavy atom. The van der Waals surface area contributed by atoms with Gasteiger partial charge in [0.15, 0.2) is 6.10 Å². The number of carbonyl (C=O) groups excluding carboxylic acids is 3. The van der Waals surface area contributed by atoms with E-state index in [1.54, 1.807) is 0 Å². The zero-order valence-corrected chi connectivity index (χ0v) is 46.7. The molecule has 0 saturated heterocycles. The molecule has 0 aliphatic carbocycles. The van der Waals surface area contributed by atoms with E-state index < -0.39 is 6.10 Å². The number of ether oxygens (including phenoxy) is 3. The summed E-state index contributed by atoms with van der Waals surface area (Å²) in [6, 6.07) is 0. The van der Waals surface area contributed by atoms with Crippen molar-refractivity contribution in [3.63, 3.8) is 0 Å². The number of rotatable bonds is 54. The molecule has 0 aromatic rings. The predicted octanol–water partition coefficient (Wildman–Crippen LogP) is 20.3. The minimum absolute atomic E-state index is 0.101. The molecule has 1 atom stereocenters. The van der Waals surface area contributed by atoms with Gasteiger partial charge in [0.1, 0.15) is 13.2 Å². The van der Waals surface area contributed by atoms with E-state index in [4.69, 9.17) is 14.2 Å². The number of carbonyl (C=O) groups is 3. The smallest absolute Gasteiger partial charge is 0.306 e. The summed E-state index contributed by atoms with van der Waals surface area (Å²) in [5.74, 6) is -0.960. The monoisotopic (exact) mass is 989 g/mol. The average molecular weight is 990 g/mol. The van der Waals surface area contributed by atoms with Crippen molar-refractivity contribution in [3.8, 4) is 0 Å². The molecule has 71 heavy (non-hydrogen) atoms. The summed E-state index contributed by atoms with van der Waals surface area (Å²) >= 11 is 0. The van der Waals surface area contributed by atoms with Crippen LogP contribution in [0.2, 0.25) is 0 Å². The molecule has 6 nitrogen and oxygen atoms in total. The summed E-state index contributed by atoms with van der Waals surface area (Å²) in [7, 11) is 0. The summed E-state index contributed by atoms with van der Waals surface area (Å²) in [4.78, 5) is 38.2. The maximum Gasteiger partial charge on any atom is 0.306 e. The zero-order chi connectivity index (χ0) is 51.4. The van der Waals surface area contributed by atoms with Gasteiger partial charge < -0.3 is 14.2 Å². The lowest BCUT2D eigenvalue weighted by atomic mass is 10.1. The van der Waals surface area contributed by atoms with Gasteiger partial charge in [-0.3, -0.25) is 14.4 Å². The van der Waals surface area contributed by atoms with Gasteiger partial charge in [-0.25, -0.2) is 0 Å². The SMILES string of the molecule is CCCCC/C=C\C/C=C\C/C=C\C/C=C\CCCC(=O)O[C@H](COC(=O)CCCCCCCCC/C=C\C/C=C\CCCCC)COC(=O)CCCCCCCCCCC/C=C\CCCCCCCC. The van der Waals surface area contributed by atoms with Crippen LogP contribution in [-0.4, -0.2) is 37.2 Å². The normalized spacial score (nSPS) is 12.7. The van der Waals surface area contributed by atoms with Gasteiger partial charge in [0, 0.05) is 19.3 Å². The first kappa shape index (κ1) is 67.6. The van der Waals surface area contributed by atoms with E-state index in [-0.39, 0.29) is 37.5 Å². The fraction of sp³-hybridized carbons (Fsp3) is 0.738. The molecule has 6 heteroatoms. The molecule has 0 aliphatic rings. The first-order valence-corrected chi connectivity index (χ1v) is 30.1. The molecule has 0 radical (unpaired) electrons. The molecule has 0 aromatic carbocycles. The first-order valence-electron chi connectivity index (χ1n) is 30.1. The molecule has 0 N–H and O–H groups in total. The highest BCUT2D eigenvalue weighted by Crippen LogP contribution is 2.15. The van der Waals surface area contributed by atoms with Crippen LogP contribution in [0.3, 0.4) is 0 Å². The standard InChI is InChI=1S/C65H112O6/c1-4-7-10-13-16-19-22-25-28-31-32-35-37-40-43-46-49-52-55-58-64(67)70-61-62(71-65(68)59-56-53-50-47-44-41-38-34-30-27-24-21-18-15-12-9-6-3)60-69-63(66)57-54-51-48-45-42-39-36-33-29-26-23-20-17-14-11-8-5-2/h17-18,20-21,25-30,38,41,47,50,62H,4-16,19,22-24,31-37,39-40,42-46,48-49,51-61H2,1-3H3/b20-17-,21-18-,28-25-,29-26-,30-27-,41-38-,50-47-/t62-/m1/s1. The van der Waals surface area contributed by atoms with Crippen LogP contribution in [0.4, 0.5) is 0 Å². The Morgan fingerprint density at radius 1 is 0.282 bits per heavy atom. The second-order valence-corrected chi connectivity index (χ2v) is 19.9. The van der Waals surface area contributed by atoms with Gasteiger partial charge >= 0.3 is 17.9 Å². The molecule has 408 valence electrons. The van der Waals surface area contributed by atoms with Crippen molar-refractivity contribution in [1.82, 2.24) is 0 Å². The molecule has 0 heterocycles. The van der Waals surface area contributed by atoms with Crippen molar-refractivity contribution in [1.29, 1.82) is 0 Å². The van der Waals surface area contributed by atoms with Crippen LogP contribution in [0.25, 0.3) is 0 Å². The fourth-order valence-electron chi connectivity index (χ4n) is 8.28. The minimum Gasteiger partial charge on any atom is -0.462 e. The van der Waals surface area contributed by atoms with E-state index >= 15 is 0 Å². The van der Waals surface area contributed by atoms with Crippen molar-refractivity contribution < 1.29 is 28.6 Å². The third kappa shape index (κ3) is 57.4. The maximum absolute atomic E-state index is 12.9. The quantitative estimate of drug-likeness (QED) is 0.0261. The maximum atomic E-state index is 12.9. The minimum atomic E-state index is -0.810. The number of hydrogen-bond acceptors (Lipinski definition) is 6. The van der Waals surface area contributed by atoms with Crippen LogP contribution in [0.5, 0.6) is 0 Å². The molecular weight excluding hydrogens is 877 g/mol. The number of hydrogen-bond donors (Lipinski definition) is 0. The molecule has 0 rings (SSSR count). The van der Waals surface area contributed by atoms with Gasteiger partial charge in [-0.2, -0.15) is 0 Å². The van der Waals surface area contributed by atoms with Crippen LogP contribution in [0.1, 0.15) is 290 Å². The van der Waals surface area contributed by atoms with Crippen molar-refractivity contribution in [2.45, 2.75) is 297 Å². The van der Waals surface area contributed by atoms with Gasteiger partial charge in [-0.15, -0.1) is 0 Å². The van der Waals surface area contributed by atoms with Crippen LogP contribution in [0.15, 0.2) is 85.1 Å². The van der Waals surface area contributed by atoms with Gasteiger partial charge in [0.05, 0.1) is 0 Å². The molecule has 0 fully saturated rings. The lowest BCUT2D eigenvalue weighted by Crippen LogP contribution is -2.30. The second kappa shape index (κ2) is 59.2. The predicted molar refractivity (Wildman–Crippen MR) is 307 cm³/mol. The summed E-state index contributed by atoms with van der Waals surface area (Å²) < 4.78 is 16.8. The molecule has 0 bridgehead atoms. The number of esters is 3. The van der Waals surface area contributed by atoms with Crippen LogP contribution < -0.4 is 0 Å². The third-order valence-electron chi connectivity index (χ3n) is 12.8.